The second kappa shape index (κ2) is 9.87. The molecule has 4 bridgehead atoms. The van der Waals surface area contributed by atoms with E-state index in [0.29, 0.717) is 18.0 Å². The van der Waals surface area contributed by atoms with Crippen molar-refractivity contribution in [3.8, 4) is 0 Å². The molecule has 0 aliphatic heterocycles. The predicted octanol–water partition coefficient (Wildman–Crippen LogP) is 6.12. The summed E-state index contributed by atoms with van der Waals surface area (Å²) >= 11 is 0. The number of benzene rings is 2. The van der Waals surface area contributed by atoms with Crippen LogP contribution in [0.3, 0.4) is 0 Å². The van der Waals surface area contributed by atoms with Crippen molar-refractivity contribution in [3.05, 3.63) is 71.9 Å². The van der Waals surface area contributed by atoms with Gasteiger partial charge < -0.3 is 15.4 Å². The van der Waals surface area contributed by atoms with E-state index in [4.69, 9.17) is 0 Å². The molecule has 0 saturated heterocycles. The molecule has 4 saturated carbocycles. The summed E-state index contributed by atoms with van der Waals surface area (Å²) in [5.74, 6) is 4.13. The number of fused-ring (bicyclic) bond motifs is 1. The number of hydrogen-bond donors (Lipinski definition) is 3. The van der Waals surface area contributed by atoms with E-state index in [0.717, 1.165) is 49.4 Å². The SMILES string of the molecule is OCC(CCC(Cc1c[nH]c2ccccc12)NC1C2CC3CC(C2)CC1C3)Cc1ccccc1. The van der Waals surface area contributed by atoms with Gasteiger partial charge in [0.25, 0.3) is 0 Å². The molecule has 3 nitrogen and oxygen atoms in total. The highest BCUT2D eigenvalue weighted by molar-refractivity contribution is 5.83. The van der Waals surface area contributed by atoms with Crippen molar-refractivity contribution >= 4 is 10.9 Å². The second-order valence-electron chi connectivity index (χ2n) is 11.7. The normalized spacial score (nSPS) is 29.5. The molecule has 2 unspecified atom stereocenters. The van der Waals surface area contributed by atoms with Crippen LogP contribution < -0.4 is 5.32 Å². The summed E-state index contributed by atoms with van der Waals surface area (Å²) in [6.07, 6.45) is 13.8. The largest absolute Gasteiger partial charge is 0.396 e. The molecule has 0 spiro atoms. The van der Waals surface area contributed by atoms with Gasteiger partial charge in [-0.25, -0.2) is 0 Å². The van der Waals surface area contributed by atoms with Gasteiger partial charge in [0, 0.05) is 35.8 Å². The van der Waals surface area contributed by atoms with Crippen molar-refractivity contribution in [2.75, 3.05) is 6.61 Å². The fourth-order valence-corrected chi connectivity index (χ4v) is 7.92. The first-order valence-electron chi connectivity index (χ1n) is 13.7. The van der Waals surface area contributed by atoms with Crippen LogP contribution in [0.5, 0.6) is 0 Å². The van der Waals surface area contributed by atoms with E-state index in [9.17, 15) is 5.11 Å². The van der Waals surface area contributed by atoms with Crippen molar-refractivity contribution in [1.29, 1.82) is 0 Å². The van der Waals surface area contributed by atoms with E-state index < -0.39 is 0 Å². The summed E-state index contributed by atoms with van der Waals surface area (Å²) in [5, 5.41) is 15.8. The molecule has 7 rings (SSSR count). The summed E-state index contributed by atoms with van der Waals surface area (Å²) in [5.41, 5.74) is 4.01. The van der Waals surface area contributed by atoms with Crippen LogP contribution >= 0.6 is 0 Å². The highest BCUT2D eigenvalue weighted by Gasteiger charge is 2.48. The van der Waals surface area contributed by atoms with E-state index in [-0.39, 0.29) is 6.61 Å². The standard InChI is InChI=1S/C31H40N2O/c34-20-22(12-21-6-2-1-3-7-21)10-11-28(18-27-19-32-30-9-5-4-8-29(27)30)33-31-25-14-23-13-24(16-25)17-26(31)15-23/h1-9,19,22-26,28,31-34H,10-18,20H2. The topological polar surface area (TPSA) is 48.0 Å². The molecular formula is C31H40N2O. The van der Waals surface area contributed by atoms with Crippen molar-refractivity contribution in [2.24, 2.45) is 29.6 Å². The maximum absolute atomic E-state index is 10.2. The van der Waals surface area contributed by atoms with Gasteiger partial charge in [-0.2, -0.15) is 0 Å². The average molecular weight is 457 g/mol. The fraction of sp³-hybridized carbons (Fsp3) is 0.548. The molecule has 3 aromatic rings. The molecule has 0 amide bonds. The van der Waals surface area contributed by atoms with Gasteiger partial charge in [0.15, 0.2) is 0 Å². The van der Waals surface area contributed by atoms with Gasteiger partial charge in [-0.15, -0.1) is 0 Å². The number of para-hydroxylation sites is 1. The molecule has 3 heteroatoms. The van der Waals surface area contributed by atoms with Crippen LogP contribution in [0.4, 0.5) is 0 Å². The van der Waals surface area contributed by atoms with Crippen LogP contribution in [-0.4, -0.2) is 28.8 Å². The first kappa shape index (κ1) is 22.4. The molecule has 180 valence electrons. The van der Waals surface area contributed by atoms with Gasteiger partial charge in [0.2, 0.25) is 0 Å². The summed E-state index contributed by atoms with van der Waals surface area (Å²) in [4.78, 5) is 3.49. The van der Waals surface area contributed by atoms with Gasteiger partial charge in [-0.3, -0.25) is 0 Å². The first-order chi connectivity index (χ1) is 16.7. The van der Waals surface area contributed by atoms with Crippen molar-refractivity contribution in [3.63, 3.8) is 0 Å². The Kier molecular flexibility index (Phi) is 6.49. The van der Waals surface area contributed by atoms with Gasteiger partial charge in [-0.05, 0) is 105 Å². The van der Waals surface area contributed by atoms with Crippen molar-refractivity contribution < 1.29 is 5.11 Å². The first-order valence-corrected chi connectivity index (χ1v) is 13.7. The van der Waals surface area contributed by atoms with E-state index in [2.05, 4.69) is 71.1 Å². The lowest BCUT2D eigenvalue weighted by Gasteiger charge is -2.55. The number of nitrogens with one attached hydrogen (secondary N) is 2. The monoisotopic (exact) mass is 456 g/mol. The molecule has 2 atom stereocenters. The number of aliphatic hydroxyl groups is 1. The maximum atomic E-state index is 10.2. The highest BCUT2D eigenvalue weighted by atomic mass is 16.3. The van der Waals surface area contributed by atoms with E-state index in [1.807, 2.05) is 0 Å². The molecule has 2 aromatic carbocycles. The molecular weight excluding hydrogens is 416 g/mol. The Morgan fingerprint density at radius 1 is 0.824 bits per heavy atom. The number of aromatic nitrogens is 1. The highest BCUT2D eigenvalue weighted by Crippen LogP contribution is 2.53. The Morgan fingerprint density at radius 3 is 2.26 bits per heavy atom. The third-order valence-corrected chi connectivity index (χ3v) is 9.34. The third-order valence-electron chi connectivity index (χ3n) is 9.34. The number of aromatic amines is 1. The number of rotatable bonds is 10. The molecule has 4 fully saturated rings. The van der Waals surface area contributed by atoms with Crippen LogP contribution in [0.1, 0.15) is 56.1 Å². The average Bonchev–Trinajstić information content (AvgIpc) is 3.26. The van der Waals surface area contributed by atoms with Gasteiger partial charge >= 0.3 is 0 Å². The second-order valence-corrected chi connectivity index (χ2v) is 11.7. The third kappa shape index (κ3) is 4.70. The van der Waals surface area contributed by atoms with E-state index >= 15 is 0 Å². The quantitative estimate of drug-likeness (QED) is 0.344. The summed E-state index contributed by atoms with van der Waals surface area (Å²) in [6.45, 7) is 0.271. The van der Waals surface area contributed by atoms with Crippen LogP contribution in [0, 0.1) is 29.6 Å². The lowest BCUT2D eigenvalue weighted by Crippen LogP contribution is -2.57. The summed E-state index contributed by atoms with van der Waals surface area (Å²) in [6, 6.07) is 20.5. The summed E-state index contributed by atoms with van der Waals surface area (Å²) < 4.78 is 0. The van der Waals surface area contributed by atoms with Gasteiger partial charge in [0.05, 0.1) is 0 Å². The zero-order valence-electron chi connectivity index (χ0n) is 20.3. The lowest BCUT2D eigenvalue weighted by molar-refractivity contribution is -0.0183. The Labute approximate surface area is 204 Å². The summed E-state index contributed by atoms with van der Waals surface area (Å²) in [7, 11) is 0. The molecule has 34 heavy (non-hydrogen) atoms. The van der Waals surface area contributed by atoms with Crippen LogP contribution in [0.2, 0.25) is 0 Å². The fourth-order valence-electron chi connectivity index (χ4n) is 7.92. The Morgan fingerprint density at radius 2 is 1.53 bits per heavy atom. The van der Waals surface area contributed by atoms with Crippen molar-refractivity contribution in [1.82, 2.24) is 10.3 Å². The molecule has 1 heterocycles. The van der Waals surface area contributed by atoms with Crippen LogP contribution in [0.25, 0.3) is 10.9 Å². The Hall–Kier alpha value is -2.10. The molecule has 0 radical (unpaired) electrons. The molecule has 4 aliphatic rings. The zero-order chi connectivity index (χ0) is 22.9. The van der Waals surface area contributed by atoms with E-state index in [1.165, 1.54) is 54.1 Å². The molecule has 1 aromatic heterocycles. The zero-order valence-corrected chi connectivity index (χ0v) is 20.3. The van der Waals surface area contributed by atoms with Crippen LogP contribution in [0.15, 0.2) is 60.8 Å². The predicted molar refractivity (Wildman–Crippen MR) is 140 cm³/mol. The lowest BCUT2D eigenvalue weighted by atomic mass is 9.54. The molecule has 4 aliphatic carbocycles. The molecule has 3 N–H and O–H groups in total. The number of H-pyrrole nitrogens is 1. The minimum atomic E-state index is 0.271. The van der Waals surface area contributed by atoms with E-state index in [1.54, 1.807) is 0 Å². The van der Waals surface area contributed by atoms with Gasteiger partial charge in [-0.1, -0.05) is 48.5 Å². The maximum Gasteiger partial charge on any atom is 0.0462 e. The number of aliphatic hydroxyl groups excluding tert-OH is 1. The van der Waals surface area contributed by atoms with Crippen molar-refractivity contribution in [2.45, 2.75) is 69.9 Å². The van der Waals surface area contributed by atoms with Crippen LogP contribution in [-0.2, 0) is 12.8 Å². The Balaban J connectivity index is 1.18. The Bertz CT molecular complexity index is 1050. The smallest absolute Gasteiger partial charge is 0.0462 e. The number of hydrogen-bond acceptors (Lipinski definition) is 2. The minimum Gasteiger partial charge on any atom is -0.396 e. The minimum absolute atomic E-state index is 0.271. The van der Waals surface area contributed by atoms with Gasteiger partial charge in [0.1, 0.15) is 0 Å².